The molecule has 6 heteroatoms. The van der Waals surface area contributed by atoms with E-state index in [4.69, 9.17) is 23.2 Å². The first kappa shape index (κ1) is 15.3. The van der Waals surface area contributed by atoms with E-state index in [-0.39, 0.29) is 5.41 Å². The van der Waals surface area contributed by atoms with E-state index in [2.05, 4.69) is 39.2 Å². The van der Waals surface area contributed by atoms with Gasteiger partial charge in [0, 0.05) is 45.8 Å². The quantitative estimate of drug-likeness (QED) is 0.540. The summed E-state index contributed by atoms with van der Waals surface area (Å²) in [7, 11) is 0. The van der Waals surface area contributed by atoms with Crippen molar-refractivity contribution in [2.45, 2.75) is 11.8 Å². The molecule has 0 amide bonds. The Balaban J connectivity index is 1.96. The molecule has 0 bridgehead atoms. The molecule has 0 N–H and O–H groups in total. The Bertz CT molecular complexity index is 703. The Hall–Kier alpha value is -0.550. The van der Waals surface area contributed by atoms with Crippen molar-refractivity contribution in [2.24, 2.45) is 0 Å². The average molecular weight is 404 g/mol. The summed E-state index contributed by atoms with van der Waals surface area (Å²) >= 11 is 17.7. The molecule has 0 saturated heterocycles. The molecule has 0 atom stereocenters. The van der Waals surface area contributed by atoms with E-state index < -0.39 is 0 Å². The Morgan fingerprint density at radius 3 is 2.52 bits per heavy atom. The summed E-state index contributed by atoms with van der Waals surface area (Å²) in [5.74, 6) is 0.923. The number of nitrogens with zero attached hydrogens (tertiary/aromatic N) is 2. The summed E-state index contributed by atoms with van der Waals surface area (Å²) in [4.78, 5) is 5.65. The molecule has 0 unspecified atom stereocenters. The molecule has 2 nitrogen and oxygen atoms in total. The average Bonchev–Trinajstić information content (AvgIpc) is 3.07. The summed E-state index contributed by atoms with van der Waals surface area (Å²) in [6.07, 6.45) is 4.80. The van der Waals surface area contributed by atoms with E-state index in [1.165, 1.54) is 0 Å². The van der Waals surface area contributed by atoms with Crippen LogP contribution >= 0.6 is 50.5 Å². The zero-order chi connectivity index (χ0) is 14.9. The maximum absolute atomic E-state index is 6.29. The van der Waals surface area contributed by atoms with E-state index in [9.17, 15) is 0 Å². The molecular formula is C15H13BrCl2N2S. The smallest absolute Gasteiger partial charge is 0.193 e. The van der Waals surface area contributed by atoms with Crippen LogP contribution in [0.1, 0.15) is 11.3 Å². The lowest BCUT2D eigenvalue weighted by Gasteiger charge is -2.29. The summed E-state index contributed by atoms with van der Waals surface area (Å²) in [6.45, 7) is 0. The van der Waals surface area contributed by atoms with Crippen molar-refractivity contribution < 1.29 is 0 Å². The van der Waals surface area contributed by atoms with Gasteiger partial charge in [0.1, 0.15) is 0 Å². The Kier molecular flexibility index (Phi) is 4.60. The van der Waals surface area contributed by atoms with E-state index >= 15 is 0 Å². The maximum Gasteiger partial charge on any atom is 0.193 e. The first-order valence-electron chi connectivity index (χ1n) is 6.46. The topological polar surface area (TPSA) is 17.3 Å². The molecule has 0 saturated carbocycles. The minimum atomic E-state index is -0.298. The highest BCUT2D eigenvalue weighted by molar-refractivity contribution is 9.10. The number of imidazole rings is 1. The summed E-state index contributed by atoms with van der Waals surface area (Å²) in [5.41, 5.74) is 1.87. The number of fused-ring (bicyclic) bond motifs is 1. The molecule has 110 valence electrons. The molecule has 21 heavy (non-hydrogen) atoms. The number of hydrogen-bond acceptors (Lipinski definition) is 2. The van der Waals surface area contributed by atoms with Crippen molar-refractivity contribution in [2.75, 3.05) is 11.8 Å². The molecule has 3 rings (SSSR count). The predicted molar refractivity (Wildman–Crippen MR) is 94.0 cm³/mol. The molecule has 3 aromatic rings. The first-order chi connectivity index (χ1) is 10.2. The van der Waals surface area contributed by atoms with Gasteiger partial charge in [-0.1, -0.05) is 28.1 Å². The van der Waals surface area contributed by atoms with Gasteiger partial charge in [-0.3, -0.25) is 4.40 Å². The molecular weight excluding hydrogens is 391 g/mol. The SMILES string of the molecule is ClCC(CCl)(Cc1cn2ccsc2n1)c1ccc(Br)cc1. The monoisotopic (exact) mass is 402 g/mol. The van der Waals surface area contributed by atoms with Crippen molar-refractivity contribution in [3.05, 3.63) is 57.8 Å². The molecule has 0 fully saturated rings. The zero-order valence-corrected chi connectivity index (χ0v) is 15.0. The van der Waals surface area contributed by atoms with Crippen molar-refractivity contribution in [3.8, 4) is 0 Å². The van der Waals surface area contributed by atoms with Crippen molar-refractivity contribution in [1.29, 1.82) is 0 Å². The fraction of sp³-hybridized carbons (Fsp3) is 0.267. The number of alkyl halides is 2. The van der Waals surface area contributed by atoms with Crippen molar-refractivity contribution in [1.82, 2.24) is 9.38 Å². The van der Waals surface area contributed by atoms with Gasteiger partial charge in [-0.15, -0.1) is 34.5 Å². The lowest BCUT2D eigenvalue weighted by molar-refractivity contribution is 0.530. The summed E-state index contributed by atoms with van der Waals surface area (Å²) < 4.78 is 3.08. The highest BCUT2D eigenvalue weighted by Crippen LogP contribution is 2.32. The van der Waals surface area contributed by atoms with E-state index in [0.717, 1.165) is 27.1 Å². The number of rotatable bonds is 5. The van der Waals surface area contributed by atoms with E-state index in [1.807, 2.05) is 28.1 Å². The van der Waals surface area contributed by atoms with Crippen LogP contribution in [0.2, 0.25) is 0 Å². The summed E-state index contributed by atoms with van der Waals surface area (Å²) in [5, 5.41) is 2.02. The van der Waals surface area contributed by atoms with Crippen LogP contribution < -0.4 is 0 Å². The van der Waals surface area contributed by atoms with Crippen LogP contribution in [0.3, 0.4) is 0 Å². The van der Waals surface area contributed by atoms with Gasteiger partial charge in [0.25, 0.3) is 0 Å². The van der Waals surface area contributed by atoms with Gasteiger partial charge in [-0.25, -0.2) is 4.98 Å². The van der Waals surface area contributed by atoms with Crippen LogP contribution in [0.15, 0.2) is 46.5 Å². The predicted octanol–water partition coefficient (Wildman–Crippen LogP) is 5.12. The Morgan fingerprint density at radius 1 is 1.19 bits per heavy atom. The lowest BCUT2D eigenvalue weighted by atomic mass is 9.80. The summed E-state index contributed by atoms with van der Waals surface area (Å²) in [6, 6.07) is 8.20. The van der Waals surface area contributed by atoms with Crippen molar-refractivity contribution in [3.63, 3.8) is 0 Å². The van der Waals surface area contributed by atoms with Gasteiger partial charge < -0.3 is 0 Å². The van der Waals surface area contributed by atoms with Crippen LogP contribution in [0.25, 0.3) is 4.96 Å². The third-order valence-corrected chi connectivity index (χ3v) is 5.95. The third kappa shape index (κ3) is 3.00. The van der Waals surface area contributed by atoms with Gasteiger partial charge in [-0.2, -0.15) is 0 Å². The third-order valence-electron chi connectivity index (χ3n) is 3.63. The number of halogens is 3. The number of benzene rings is 1. The molecule has 2 heterocycles. The number of thiazole rings is 1. The van der Waals surface area contributed by atoms with E-state index in [1.54, 1.807) is 11.3 Å². The Morgan fingerprint density at radius 2 is 1.90 bits per heavy atom. The fourth-order valence-corrected chi connectivity index (χ4v) is 4.16. The van der Waals surface area contributed by atoms with Gasteiger partial charge in [0.05, 0.1) is 5.69 Å². The van der Waals surface area contributed by atoms with Crippen LogP contribution in [0.5, 0.6) is 0 Å². The highest BCUT2D eigenvalue weighted by atomic mass is 79.9. The van der Waals surface area contributed by atoms with Gasteiger partial charge >= 0.3 is 0 Å². The molecule has 0 aliphatic carbocycles. The molecule has 0 aliphatic heterocycles. The van der Waals surface area contributed by atoms with Crippen LogP contribution in [-0.4, -0.2) is 21.1 Å². The van der Waals surface area contributed by atoms with Gasteiger partial charge in [0.2, 0.25) is 0 Å². The largest absolute Gasteiger partial charge is 0.297 e. The standard InChI is InChI=1S/C15H13BrCl2N2S/c16-12-3-1-11(2-4-12)15(9-17,10-18)7-13-8-20-5-6-21-14(20)19-13/h1-6,8H,7,9-10H2. The minimum absolute atomic E-state index is 0.298. The van der Waals surface area contributed by atoms with Crippen LogP contribution in [0.4, 0.5) is 0 Å². The highest BCUT2D eigenvalue weighted by Gasteiger charge is 2.32. The van der Waals surface area contributed by atoms with Gasteiger partial charge in [-0.05, 0) is 17.7 Å². The van der Waals surface area contributed by atoms with Crippen LogP contribution in [-0.2, 0) is 11.8 Å². The fourth-order valence-electron chi connectivity index (χ4n) is 2.40. The zero-order valence-electron chi connectivity index (χ0n) is 11.1. The van der Waals surface area contributed by atoms with Crippen LogP contribution in [0, 0.1) is 0 Å². The second-order valence-corrected chi connectivity index (χ2v) is 7.38. The molecule has 2 aromatic heterocycles. The van der Waals surface area contributed by atoms with E-state index in [0.29, 0.717) is 11.8 Å². The first-order valence-corrected chi connectivity index (χ1v) is 9.20. The molecule has 1 aromatic carbocycles. The number of aromatic nitrogens is 2. The molecule has 0 radical (unpaired) electrons. The van der Waals surface area contributed by atoms with Crippen molar-refractivity contribution >= 4 is 55.4 Å². The minimum Gasteiger partial charge on any atom is -0.297 e. The Labute approximate surface area is 145 Å². The maximum atomic E-state index is 6.29. The molecule has 0 aliphatic rings. The number of hydrogen-bond donors (Lipinski definition) is 0. The second kappa shape index (κ2) is 6.29. The lowest BCUT2D eigenvalue weighted by Crippen LogP contribution is -2.33. The molecule has 0 spiro atoms. The normalized spacial score (nSPS) is 12.1. The van der Waals surface area contributed by atoms with Gasteiger partial charge in [0.15, 0.2) is 4.96 Å². The second-order valence-electron chi connectivity index (χ2n) is 5.06.